The lowest BCUT2D eigenvalue weighted by Crippen LogP contribution is -2.46. The van der Waals surface area contributed by atoms with Gasteiger partial charge in [0.25, 0.3) is 0 Å². The summed E-state index contributed by atoms with van der Waals surface area (Å²) in [5.41, 5.74) is 7.85. The van der Waals surface area contributed by atoms with Gasteiger partial charge in [-0.05, 0) is 99.8 Å². The zero-order valence-corrected chi connectivity index (χ0v) is 19.0. The first kappa shape index (κ1) is 20.7. The number of hydrogen-bond donors (Lipinski definition) is 2. The van der Waals surface area contributed by atoms with Gasteiger partial charge in [-0.25, -0.2) is 0 Å². The summed E-state index contributed by atoms with van der Waals surface area (Å²) >= 11 is 0. The number of fused-ring (bicyclic) bond motifs is 2. The van der Waals surface area contributed by atoms with E-state index in [1.165, 1.54) is 44.3 Å². The first-order valence-corrected chi connectivity index (χ1v) is 11.1. The number of hydrogen-bond acceptors (Lipinski definition) is 3. The molecule has 4 rings (SSSR count). The molecule has 1 saturated heterocycles. The van der Waals surface area contributed by atoms with Gasteiger partial charge in [0.15, 0.2) is 0 Å². The van der Waals surface area contributed by atoms with Crippen molar-refractivity contribution in [1.29, 1.82) is 0 Å². The molecule has 1 atom stereocenters. The van der Waals surface area contributed by atoms with E-state index in [0.717, 1.165) is 38.2 Å². The van der Waals surface area contributed by atoms with Crippen molar-refractivity contribution >= 4 is 16.6 Å². The topological polar surface area (TPSA) is 39.7 Å². The molecule has 30 heavy (non-hydrogen) atoms. The Hall–Kier alpha value is -2.59. The highest BCUT2D eigenvalue weighted by molar-refractivity contribution is 6.03. The Morgan fingerprint density at radius 1 is 1.00 bits per heavy atom. The van der Waals surface area contributed by atoms with Crippen LogP contribution in [0.2, 0.25) is 0 Å². The van der Waals surface area contributed by atoms with Crippen LogP contribution in [0.1, 0.15) is 49.0 Å². The van der Waals surface area contributed by atoms with Crippen molar-refractivity contribution in [3.05, 3.63) is 69.9 Å². The summed E-state index contributed by atoms with van der Waals surface area (Å²) < 4.78 is 0. The van der Waals surface area contributed by atoms with E-state index in [-0.39, 0.29) is 6.17 Å². The molecule has 0 saturated carbocycles. The number of nitrogens with zero attached hydrogens (tertiary/aromatic N) is 2. The van der Waals surface area contributed by atoms with Gasteiger partial charge in [-0.3, -0.25) is 4.99 Å². The van der Waals surface area contributed by atoms with Gasteiger partial charge in [-0.15, -0.1) is 0 Å². The van der Waals surface area contributed by atoms with E-state index >= 15 is 0 Å². The highest BCUT2D eigenvalue weighted by Gasteiger charge is 2.28. The van der Waals surface area contributed by atoms with Crippen LogP contribution in [0.3, 0.4) is 0 Å². The second-order valence-electron chi connectivity index (χ2n) is 8.96. The Morgan fingerprint density at radius 3 is 2.53 bits per heavy atom. The molecular formula is C26H34N4. The molecule has 0 bridgehead atoms. The quantitative estimate of drug-likeness (QED) is 0.692. The fourth-order valence-electron chi connectivity index (χ4n) is 4.30. The number of rotatable bonds is 5. The lowest BCUT2D eigenvalue weighted by molar-refractivity contribution is 0.403. The second-order valence-corrected chi connectivity index (χ2v) is 8.96. The number of amidine groups is 1. The smallest absolute Gasteiger partial charge is 0.131 e. The summed E-state index contributed by atoms with van der Waals surface area (Å²) in [7, 11) is 4.23. The minimum atomic E-state index is 0.0313. The molecule has 1 unspecified atom stereocenters. The van der Waals surface area contributed by atoms with Crippen molar-refractivity contribution in [3.63, 3.8) is 0 Å². The largest absolute Gasteiger partial charge is 0.361 e. The summed E-state index contributed by atoms with van der Waals surface area (Å²) in [5, 5.41) is 10.0. The maximum atomic E-state index is 4.97. The van der Waals surface area contributed by atoms with Crippen LogP contribution in [0.5, 0.6) is 0 Å². The van der Waals surface area contributed by atoms with E-state index < -0.39 is 0 Å². The third-order valence-electron chi connectivity index (χ3n) is 6.23. The lowest BCUT2D eigenvalue weighted by atomic mass is 9.92. The molecule has 4 heteroatoms. The molecule has 2 N–H and O–H groups in total. The number of allylic oxidation sites excluding steroid dienone is 2. The first-order chi connectivity index (χ1) is 14.4. The van der Waals surface area contributed by atoms with Crippen LogP contribution in [-0.2, 0) is 0 Å². The van der Waals surface area contributed by atoms with Crippen molar-refractivity contribution < 1.29 is 0 Å². The molecule has 0 amide bonds. The highest BCUT2D eigenvalue weighted by atomic mass is 15.2. The van der Waals surface area contributed by atoms with E-state index in [2.05, 4.69) is 86.8 Å². The van der Waals surface area contributed by atoms with E-state index in [9.17, 15) is 0 Å². The molecule has 4 nitrogen and oxygen atoms in total. The van der Waals surface area contributed by atoms with Crippen LogP contribution in [0.4, 0.5) is 0 Å². The van der Waals surface area contributed by atoms with Gasteiger partial charge >= 0.3 is 0 Å². The molecule has 1 aliphatic carbocycles. The molecule has 2 aliphatic rings. The Bertz CT molecular complexity index is 1040. The average molecular weight is 403 g/mol. The van der Waals surface area contributed by atoms with Gasteiger partial charge in [0.1, 0.15) is 12.0 Å². The zero-order valence-electron chi connectivity index (χ0n) is 19.0. The number of aryl methyl sites for hydroxylation is 2. The molecule has 1 fully saturated rings. The van der Waals surface area contributed by atoms with E-state index in [4.69, 9.17) is 4.99 Å². The molecule has 0 spiro atoms. The number of aliphatic imine (C=N–C) groups is 1. The predicted octanol–water partition coefficient (Wildman–Crippen LogP) is 4.99. The molecule has 2 aromatic rings. The predicted molar refractivity (Wildman–Crippen MR) is 128 cm³/mol. The summed E-state index contributed by atoms with van der Waals surface area (Å²) in [6, 6.07) is 11.4. The summed E-state index contributed by atoms with van der Waals surface area (Å²) in [6.07, 6.45) is 5.63. The monoisotopic (exact) mass is 402 g/mol. The van der Waals surface area contributed by atoms with Crippen molar-refractivity contribution in [2.24, 2.45) is 4.99 Å². The standard InChI is InChI=1S/C26H34N4/c1-17-8-6-9-23-24(17)28-25(29-26(23)27-12-7-13-30(4)5)21-11-10-20-14-18(2)19(3)15-22(20)16-21/h9-11,14-16,25,28H,6-8,12-13H2,1-5H3,(H,27,29). The normalized spacial score (nSPS) is 20.3. The van der Waals surface area contributed by atoms with E-state index in [1.54, 1.807) is 0 Å². The molecule has 2 aromatic carbocycles. The van der Waals surface area contributed by atoms with Crippen LogP contribution in [0, 0.1) is 13.8 Å². The Balaban J connectivity index is 1.65. The van der Waals surface area contributed by atoms with Crippen LogP contribution >= 0.6 is 0 Å². The van der Waals surface area contributed by atoms with Gasteiger partial charge in [-0.1, -0.05) is 30.3 Å². The molecule has 0 radical (unpaired) electrons. The highest BCUT2D eigenvalue weighted by Crippen LogP contribution is 2.31. The van der Waals surface area contributed by atoms with Crippen LogP contribution < -0.4 is 10.6 Å². The van der Waals surface area contributed by atoms with Gasteiger partial charge < -0.3 is 15.5 Å². The maximum absolute atomic E-state index is 4.97. The molecular weight excluding hydrogens is 368 g/mol. The third-order valence-corrected chi connectivity index (χ3v) is 6.23. The van der Waals surface area contributed by atoms with Crippen LogP contribution in [0.15, 0.2) is 58.2 Å². The maximum Gasteiger partial charge on any atom is 0.131 e. The SMILES string of the molecule is CC1=C2NC(c3ccc4cc(C)c(C)cc4c3)NC(=NCCCN(C)C)C2=CCC1. The van der Waals surface area contributed by atoms with Crippen molar-refractivity contribution in [3.8, 4) is 0 Å². The zero-order chi connectivity index (χ0) is 21.3. The molecule has 1 aliphatic heterocycles. The fraction of sp³-hybridized carbons (Fsp3) is 0.423. The number of benzene rings is 2. The van der Waals surface area contributed by atoms with Crippen molar-refractivity contribution in [1.82, 2.24) is 15.5 Å². The average Bonchev–Trinajstić information content (AvgIpc) is 2.72. The van der Waals surface area contributed by atoms with E-state index in [0.29, 0.717) is 0 Å². The lowest BCUT2D eigenvalue weighted by Gasteiger charge is -2.35. The van der Waals surface area contributed by atoms with Gasteiger partial charge in [0.05, 0.1) is 0 Å². The van der Waals surface area contributed by atoms with E-state index in [1.807, 2.05) is 0 Å². The molecule has 0 aromatic heterocycles. The van der Waals surface area contributed by atoms with Crippen LogP contribution in [0.25, 0.3) is 10.8 Å². The third kappa shape index (κ3) is 4.29. The second kappa shape index (κ2) is 8.65. The van der Waals surface area contributed by atoms with Crippen molar-refractivity contribution in [2.75, 3.05) is 27.2 Å². The van der Waals surface area contributed by atoms with Gasteiger partial charge in [0.2, 0.25) is 0 Å². The fourth-order valence-corrected chi connectivity index (χ4v) is 4.30. The summed E-state index contributed by atoms with van der Waals surface area (Å²) in [5.74, 6) is 1.03. The first-order valence-electron chi connectivity index (χ1n) is 11.1. The Labute approximate surface area is 180 Å². The summed E-state index contributed by atoms with van der Waals surface area (Å²) in [4.78, 5) is 7.19. The van der Waals surface area contributed by atoms with Crippen LogP contribution in [-0.4, -0.2) is 37.9 Å². The number of nitrogens with one attached hydrogen (secondary N) is 2. The Kier molecular flexibility index (Phi) is 5.96. The minimum Gasteiger partial charge on any atom is -0.361 e. The summed E-state index contributed by atoms with van der Waals surface area (Å²) in [6.45, 7) is 8.51. The van der Waals surface area contributed by atoms with Crippen molar-refractivity contribution in [2.45, 2.75) is 46.2 Å². The Morgan fingerprint density at radius 2 is 1.77 bits per heavy atom. The molecule has 1 heterocycles. The van der Waals surface area contributed by atoms with Gasteiger partial charge in [-0.2, -0.15) is 0 Å². The van der Waals surface area contributed by atoms with Gasteiger partial charge in [0, 0.05) is 17.8 Å². The minimum absolute atomic E-state index is 0.0313. The molecule has 158 valence electrons.